The molecule has 0 aliphatic heterocycles. The molecule has 0 spiro atoms. The summed E-state index contributed by atoms with van der Waals surface area (Å²) in [6.45, 7) is 7.94. The van der Waals surface area contributed by atoms with E-state index in [1.807, 2.05) is 27.7 Å². The van der Waals surface area contributed by atoms with Crippen molar-refractivity contribution in [2.45, 2.75) is 40.5 Å². The summed E-state index contributed by atoms with van der Waals surface area (Å²) in [7, 11) is 0. The monoisotopic (exact) mass is 338 g/mol. The van der Waals surface area contributed by atoms with Crippen LogP contribution in [0.3, 0.4) is 0 Å². The summed E-state index contributed by atoms with van der Waals surface area (Å²) in [5, 5.41) is 14.1. The molecule has 0 fully saturated rings. The van der Waals surface area contributed by atoms with Crippen molar-refractivity contribution in [1.82, 2.24) is 9.78 Å². The van der Waals surface area contributed by atoms with Crippen LogP contribution in [0.4, 0.5) is 4.39 Å². The van der Waals surface area contributed by atoms with Gasteiger partial charge in [0.25, 0.3) is 0 Å². The van der Waals surface area contributed by atoms with Crippen LogP contribution in [0, 0.1) is 11.2 Å². The molecular formula is C17H20ClFN2O2. The molecule has 0 radical (unpaired) electrons. The van der Waals surface area contributed by atoms with Gasteiger partial charge in [0.1, 0.15) is 11.4 Å². The van der Waals surface area contributed by atoms with Crippen LogP contribution in [0.5, 0.6) is 0 Å². The standard InChI is InChI=1S/C17H20ClFN2O2/c1-5-14-15(16(22)23)13(9-17(2,3)4)20-21(14)10-6-7-12(19)11(18)8-10/h6-8H,5,9H2,1-4H3,(H,22,23). The van der Waals surface area contributed by atoms with Gasteiger partial charge in [0.2, 0.25) is 0 Å². The third-order valence-electron chi connectivity index (χ3n) is 3.45. The van der Waals surface area contributed by atoms with Gasteiger partial charge in [0, 0.05) is 0 Å². The van der Waals surface area contributed by atoms with E-state index >= 15 is 0 Å². The van der Waals surface area contributed by atoms with Crippen molar-refractivity contribution in [3.05, 3.63) is 46.0 Å². The Bertz CT molecular complexity index is 748. The summed E-state index contributed by atoms with van der Waals surface area (Å²) in [6.07, 6.45) is 1.03. The number of nitrogens with zero attached hydrogens (tertiary/aromatic N) is 2. The third-order valence-corrected chi connectivity index (χ3v) is 3.74. The lowest BCUT2D eigenvalue weighted by molar-refractivity contribution is 0.0694. The van der Waals surface area contributed by atoms with Crippen LogP contribution in [0.15, 0.2) is 18.2 Å². The maximum absolute atomic E-state index is 13.4. The minimum absolute atomic E-state index is 0.0192. The van der Waals surface area contributed by atoms with Gasteiger partial charge in [0.05, 0.1) is 22.1 Å². The molecule has 0 unspecified atom stereocenters. The Kier molecular flexibility index (Phi) is 4.80. The smallest absolute Gasteiger partial charge is 0.339 e. The van der Waals surface area contributed by atoms with Crippen LogP contribution >= 0.6 is 11.6 Å². The molecule has 23 heavy (non-hydrogen) atoms. The molecule has 0 saturated carbocycles. The zero-order valence-electron chi connectivity index (χ0n) is 13.7. The SMILES string of the molecule is CCc1c(C(=O)O)c(CC(C)(C)C)nn1-c1ccc(F)c(Cl)c1. The van der Waals surface area contributed by atoms with Crippen LogP contribution in [0.1, 0.15) is 49.4 Å². The van der Waals surface area contributed by atoms with Gasteiger partial charge in [-0.3, -0.25) is 0 Å². The molecule has 0 bridgehead atoms. The number of aromatic carboxylic acids is 1. The third kappa shape index (κ3) is 3.72. The van der Waals surface area contributed by atoms with E-state index in [9.17, 15) is 14.3 Å². The van der Waals surface area contributed by atoms with Crippen molar-refractivity contribution >= 4 is 17.6 Å². The van der Waals surface area contributed by atoms with E-state index < -0.39 is 11.8 Å². The van der Waals surface area contributed by atoms with Crippen LogP contribution in [-0.2, 0) is 12.8 Å². The first kappa shape index (κ1) is 17.5. The van der Waals surface area contributed by atoms with Gasteiger partial charge in [-0.25, -0.2) is 13.9 Å². The average molecular weight is 339 g/mol. The number of carboxylic acids is 1. The molecule has 0 aliphatic rings. The summed E-state index contributed by atoms with van der Waals surface area (Å²) in [5.74, 6) is -1.52. The molecule has 6 heteroatoms. The molecule has 1 aromatic carbocycles. The Labute approximate surface area is 139 Å². The highest BCUT2D eigenvalue weighted by atomic mass is 35.5. The highest BCUT2D eigenvalue weighted by Crippen LogP contribution is 2.27. The van der Waals surface area contributed by atoms with E-state index in [0.29, 0.717) is 29.9 Å². The van der Waals surface area contributed by atoms with E-state index in [0.717, 1.165) is 0 Å². The van der Waals surface area contributed by atoms with Gasteiger partial charge in [-0.1, -0.05) is 39.3 Å². The number of benzene rings is 1. The maximum Gasteiger partial charge on any atom is 0.339 e. The first-order valence-corrected chi connectivity index (χ1v) is 7.81. The Morgan fingerprint density at radius 1 is 1.39 bits per heavy atom. The van der Waals surface area contributed by atoms with Crippen molar-refractivity contribution in [2.75, 3.05) is 0 Å². The molecule has 0 amide bonds. The highest BCUT2D eigenvalue weighted by molar-refractivity contribution is 6.30. The fraction of sp³-hybridized carbons (Fsp3) is 0.412. The maximum atomic E-state index is 13.4. The zero-order chi connectivity index (χ0) is 17.4. The second kappa shape index (κ2) is 6.32. The fourth-order valence-electron chi connectivity index (χ4n) is 2.53. The van der Waals surface area contributed by atoms with E-state index in [1.54, 1.807) is 10.7 Å². The molecular weight excluding hydrogens is 319 g/mol. The predicted molar refractivity (Wildman–Crippen MR) is 88.0 cm³/mol. The fourth-order valence-corrected chi connectivity index (χ4v) is 2.71. The van der Waals surface area contributed by atoms with Gasteiger partial charge in [-0.05, 0) is 36.5 Å². The lowest BCUT2D eigenvalue weighted by atomic mass is 9.89. The van der Waals surface area contributed by atoms with Crippen molar-refractivity contribution in [3.8, 4) is 5.69 Å². The van der Waals surface area contributed by atoms with E-state index in [4.69, 9.17) is 11.6 Å². The lowest BCUT2D eigenvalue weighted by Crippen LogP contribution is -2.13. The van der Waals surface area contributed by atoms with E-state index in [-0.39, 0.29) is 16.0 Å². The number of carbonyl (C=O) groups is 1. The number of carboxylic acid groups (broad SMARTS) is 1. The molecule has 2 rings (SSSR count). The largest absolute Gasteiger partial charge is 0.478 e. The molecule has 1 heterocycles. The van der Waals surface area contributed by atoms with Crippen LogP contribution < -0.4 is 0 Å². The molecule has 2 aromatic rings. The summed E-state index contributed by atoms with van der Waals surface area (Å²) in [6, 6.07) is 4.25. The average Bonchev–Trinajstić information content (AvgIpc) is 2.78. The number of halogens is 2. The van der Waals surface area contributed by atoms with Crippen molar-refractivity contribution in [1.29, 1.82) is 0 Å². The van der Waals surface area contributed by atoms with Crippen molar-refractivity contribution in [3.63, 3.8) is 0 Å². The number of hydrogen-bond acceptors (Lipinski definition) is 2. The molecule has 124 valence electrons. The second-order valence-electron chi connectivity index (χ2n) is 6.67. The number of aromatic nitrogens is 2. The van der Waals surface area contributed by atoms with Gasteiger partial charge in [-0.2, -0.15) is 5.10 Å². The second-order valence-corrected chi connectivity index (χ2v) is 7.08. The molecule has 0 aliphatic carbocycles. The molecule has 1 N–H and O–H groups in total. The molecule has 0 saturated heterocycles. The van der Waals surface area contributed by atoms with Gasteiger partial charge in [0.15, 0.2) is 0 Å². The highest BCUT2D eigenvalue weighted by Gasteiger charge is 2.26. The van der Waals surface area contributed by atoms with Crippen LogP contribution in [-0.4, -0.2) is 20.9 Å². The summed E-state index contributed by atoms with van der Waals surface area (Å²) >= 11 is 5.84. The minimum Gasteiger partial charge on any atom is -0.478 e. The summed E-state index contributed by atoms with van der Waals surface area (Å²) in [4.78, 5) is 11.7. The van der Waals surface area contributed by atoms with E-state index in [1.165, 1.54) is 12.1 Å². The Balaban J connectivity index is 2.66. The summed E-state index contributed by atoms with van der Waals surface area (Å²) < 4.78 is 14.9. The van der Waals surface area contributed by atoms with Crippen LogP contribution in [0.25, 0.3) is 5.69 Å². The van der Waals surface area contributed by atoms with E-state index in [2.05, 4.69) is 5.10 Å². The van der Waals surface area contributed by atoms with Crippen molar-refractivity contribution in [2.24, 2.45) is 5.41 Å². The first-order chi connectivity index (χ1) is 10.6. The molecule has 1 aromatic heterocycles. The summed E-state index contributed by atoms with van der Waals surface area (Å²) in [5.41, 5.74) is 1.79. The quantitative estimate of drug-likeness (QED) is 0.892. The van der Waals surface area contributed by atoms with Crippen LogP contribution in [0.2, 0.25) is 5.02 Å². The van der Waals surface area contributed by atoms with Gasteiger partial charge in [-0.15, -0.1) is 0 Å². The first-order valence-electron chi connectivity index (χ1n) is 7.43. The number of hydrogen-bond donors (Lipinski definition) is 1. The molecule has 0 atom stereocenters. The number of rotatable bonds is 4. The zero-order valence-corrected chi connectivity index (χ0v) is 14.4. The van der Waals surface area contributed by atoms with Gasteiger partial charge >= 0.3 is 5.97 Å². The normalized spacial score (nSPS) is 11.7. The lowest BCUT2D eigenvalue weighted by Gasteiger charge is -2.16. The molecule has 4 nitrogen and oxygen atoms in total. The minimum atomic E-state index is -0.999. The topological polar surface area (TPSA) is 55.1 Å². The predicted octanol–water partition coefficient (Wildman–Crippen LogP) is 4.51. The van der Waals surface area contributed by atoms with Crippen molar-refractivity contribution < 1.29 is 14.3 Å². The Hall–Kier alpha value is -1.88. The Morgan fingerprint density at radius 3 is 2.52 bits per heavy atom. The Morgan fingerprint density at radius 2 is 2.04 bits per heavy atom. The van der Waals surface area contributed by atoms with Gasteiger partial charge < -0.3 is 5.11 Å².